The summed E-state index contributed by atoms with van der Waals surface area (Å²) in [6, 6.07) is 13.5. The summed E-state index contributed by atoms with van der Waals surface area (Å²) < 4.78 is 28.0. The average molecular weight is 427 g/mol. The molecule has 1 amide bonds. The molecule has 0 bridgehead atoms. The van der Waals surface area contributed by atoms with Crippen molar-refractivity contribution in [1.82, 2.24) is 9.62 Å². The Morgan fingerprint density at radius 3 is 2.48 bits per heavy atom. The minimum Gasteiger partial charge on any atom is -0.339 e. The normalized spacial score (nSPS) is 17.2. The maximum Gasteiger partial charge on any atom is 0.254 e. The number of amides is 1. The highest BCUT2D eigenvalue weighted by atomic mass is 32.2. The van der Waals surface area contributed by atoms with Crippen molar-refractivity contribution >= 4 is 38.0 Å². The van der Waals surface area contributed by atoms with Crippen molar-refractivity contribution in [2.45, 2.75) is 35.9 Å². The van der Waals surface area contributed by atoms with Crippen molar-refractivity contribution < 1.29 is 13.2 Å². The standard InChI is InChI=1S/C22H22N2O3S2/c25-22(19-9-8-16-7-6-15-3-1-4-18(19)21(15)16)24-12-10-17(11-13-24)23-29(26,27)20-5-2-14-28-20/h1-5,8-9,14,17,23H,6-7,10-13H2. The summed E-state index contributed by atoms with van der Waals surface area (Å²) in [6.07, 6.45) is 3.33. The largest absolute Gasteiger partial charge is 0.339 e. The van der Waals surface area contributed by atoms with Gasteiger partial charge in [0, 0.05) is 24.7 Å². The predicted octanol–water partition coefficient (Wildman–Crippen LogP) is 3.58. The zero-order valence-corrected chi connectivity index (χ0v) is 17.6. The van der Waals surface area contributed by atoms with Gasteiger partial charge < -0.3 is 4.90 Å². The van der Waals surface area contributed by atoms with E-state index in [1.807, 2.05) is 23.1 Å². The van der Waals surface area contributed by atoms with Crippen LogP contribution in [0.4, 0.5) is 0 Å². The lowest BCUT2D eigenvalue weighted by Gasteiger charge is -2.32. The fourth-order valence-electron chi connectivity index (χ4n) is 4.50. The molecule has 0 spiro atoms. The van der Waals surface area contributed by atoms with Crippen LogP contribution in [-0.2, 0) is 22.9 Å². The molecule has 7 heteroatoms. The third-order valence-electron chi connectivity index (χ3n) is 5.97. The van der Waals surface area contributed by atoms with Gasteiger partial charge in [-0.1, -0.05) is 30.3 Å². The number of nitrogens with zero attached hydrogens (tertiary/aromatic N) is 1. The quantitative estimate of drug-likeness (QED) is 0.693. The first-order valence-electron chi connectivity index (χ1n) is 9.91. The molecule has 0 radical (unpaired) electrons. The first-order chi connectivity index (χ1) is 14.0. The van der Waals surface area contributed by atoms with Gasteiger partial charge in [-0.25, -0.2) is 13.1 Å². The lowest BCUT2D eigenvalue weighted by atomic mass is 9.98. The first-order valence-corrected chi connectivity index (χ1v) is 12.3. The fourth-order valence-corrected chi connectivity index (χ4v) is 6.81. The number of nitrogens with one attached hydrogen (secondary N) is 1. The van der Waals surface area contributed by atoms with Crippen molar-refractivity contribution in [2.75, 3.05) is 13.1 Å². The van der Waals surface area contributed by atoms with E-state index in [2.05, 4.69) is 16.9 Å². The van der Waals surface area contributed by atoms with E-state index in [0.29, 0.717) is 30.1 Å². The minimum atomic E-state index is -3.47. The summed E-state index contributed by atoms with van der Waals surface area (Å²) in [7, 11) is -3.47. The molecular formula is C22H22N2O3S2. The van der Waals surface area contributed by atoms with Gasteiger partial charge in [-0.3, -0.25) is 4.79 Å². The van der Waals surface area contributed by atoms with Crippen molar-refractivity contribution in [1.29, 1.82) is 0 Å². The third-order valence-corrected chi connectivity index (χ3v) is 8.89. The van der Waals surface area contributed by atoms with Crippen molar-refractivity contribution in [3.8, 4) is 0 Å². The predicted molar refractivity (Wildman–Crippen MR) is 115 cm³/mol. The van der Waals surface area contributed by atoms with Gasteiger partial charge in [-0.05, 0) is 65.1 Å². The molecule has 0 saturated carbocycles. The molecule has 2 aliphatic rings. The van der Waals surface area contributed by atoms with Crippen LogP contribution in [0.3, 0.4) is 0 Å². The molecule has 5 rings (SSSR count). The smallest absolute Gasteiger partial charge is 0.254 e. The van der Waals surface area contributed by atoms with Crippen LogP contribution in [0.5, 0.6) is 0 Å². The molecular weight excluding hydrogens is 404 g/mol. The second-order valence-electron chi connectivity index (χ2n) is 7.73. The Kier molecular flexibility index (Phi) is 4.69. The number of piperidine rings is 1. The van der Waals surface area contributed by atoms with Crippen LogP contribution >= 0.6 is 11.3 Å². The van der Waals surface area contributed by atoms with E-state index >= 15 is 0 Å². The molecule has 1 aromatic heterocycles. The minimum absolute atomic E-state index is 0.0418. The van der Waals surface area contributed by atoms with Gasteiger partial charge >= 0.3 is 0 Å². The lowest BCUT2D eigenvalue weighted by molar-refractivity contribution is 0.0713. The van der Waals surface area contributed by atoms with Crippen LogP contribution in [0.2, 0.25) is 0 Å². The molecule has 2 aromatic carbocycles. The first kappa shape index (κ1) is 18.8. The monoisotopic (exact) mass is 426 g/mol. The van der Waals surface area contributed by atoms with Crippen molar-refractivity contribution in [3.63, 3.8) is 0 Å². The second-order valence-corrected chi connectivity index (χ2v) is 10.6. The molecule has 1 saturated heterocycles. The molecule has 1 aliphatic carbocycles. The van der Waals surface area contributed by atoms with Crippen LogP contribution in [0.15, 0.2) is 52.1 Å². The van der Waals surface area contributed by atoms with Gasteiger partial charge in [0.15, 0.2) is 0 Å². The number of sulfonamides is 1. The zero-order chi connectivity index (χ0) is 20.0. The third kappa shape index (κ3) is 3.37. The summed E-state index contributed by atoms with van der Waals surface area (Å²) in [5.74, 6) is 0.0418. The fraction of sp³-hybridized carbons (Fsp3) is 0.318. The molecule has 0 unspecified atom stereocenters. The SMILES string of the molecule is O=C(c1ccc2c3c(cccc13)CC2)N1CCC(NS(=O)(=O)c2cccs2)CC1. The van der Waals surface area contributed by atoms with Crippen LogP contribution in [0.1, 0.15) is 34.3 Å². The van der Waals surface area contributed by atoms with Gasteiger partial charge in [-0.15, -0.1) is 11.3 Å². The number of carbonyl (C=O) groups is 1. The maximum atomic E-state index is 13.2. The van der Waals surface area contributed by atoms with E-state index in [0.717, 1.165) is 23.8 Å². The summed E-state index contributed by atoms with van der Waals surface area (Å²) in [5, 5.41) is 4.05. The van der Waals surface area contributed by atoms with Gasteiger partial charge in [0.2, 0.25) is 10.0 Å². The summed E-state index contributed by atoms with van der Waals surface area (Å²) in [6.45, 7) is 1.11. The Morgan fingerprint density at radius 1 is 1.00 bits per heavy atom. The highest BCUT2D eigenvalue weighted by Crippen LogP contribution is 2.33. The highest BCUT2D eigenvalue weighted by Gasteiger charge is 2.29. The van der Waals surface area contributed by atoms with Gasteiger partial charge in [0.25, 0.3) is 5.91 Å². The van der Waals surface area contributed by atoms with Crippen molar-refractivity contribution in [3.05, 3.63) is 64.5 Å². The van der Waals surface area contributed by atoms with Crippen LogP contribution < -0.4 is 4.72 Å². The molecule has 1 aliphatic heterocycles. The lowest BCUT2D eigenvalue weighted by Crippen LogP contribution is -2.46. The van der Waals surface area contributed by atoms with Crippen molar-refractivity contribution in [2.24, 2.45) is 0 Å². The average Bonchev–Trinajstić information content (AvgIpc) is 3.40. The molecule has 5 nitrogen and oxygen atoms in total. The number of aryl methyl sites for hydroxylation is 2. The Hall–Kier alpha value is -2.22. The summed E-state index contributed by atoms with van der Waals surface area (Å²) >= 11 is 1.21. The van der Waals surface area contributed by atoms with E-state index in [4.69, 9.17) is 0 Å². The molecule has 1 N–H and O–H groups in total. The van der Waals surface area contributed by atoms with Crippen LogP contribution in [0.25, 0.3) is 10.8 Å². The van der Waals surface area contributed by atoms with E-state index < -0.39 is 10.0 Å². The Balaban J connectivity index is 1.31. The molecule has 3 aromatic rings. The number of likely N-dealkylation sites (tertiary alicyclic amines) is 1. The number of hydrogen-bond acceptors (Lipinski definition) is 4. The van der Waals surface area contributed by atoms with Gasteiger partial charge in [0.1, 0.15) is 4.21 Å². The Labute approximate surface area is 174 Å². The number of hydrogen-bond donors (Lipinski definition) is 1. The molecule has 29 heavy (non-hydrogen) atoms. The van der Waals surface area contributed by atoms with E-state index in [1.165, 1.54) is 27.8 Å². The molecule has 150 valence electrons. The van der Waals surface area contributed by atoms with E-state index in [9.17, 15) is 13.2 Å². The summed E-state index contributed by atoms with van der Waals surface area (Å²) in [5.41, 5.74) is 3.41. The highest BCUT2D eigenvalue weighted by molar-refractivity contribution is 7.91. The van der Waals surface area contributed by atoms with Crippen LogP contribution in [0, 0.1) is 0 Å². The van der Waals surface area contributed by atoms with Gasteiger partial charge in [-0.2, -0.15) is 0 Å². The topological polar surface area (TPSA) is 66.5 Å². The number of thiophene rings is 1. The molecule has 2 heterocycles. The molecule has 1 fully saturated rings. The van der Waals surface area contributed by atoms with E-state index in [1.54, 1.807) is 17.5 Å². The summed E-state index contributed by atoms with van der Waals surface area (Å²) in [4.78, 5) is 15.1. The number of carbonyl (C=O) groups excluding carboxylic acids is 1. The van der Waals surface area contributed by atoms with Gasteiger partial charge in [0.05, 0.1) is 0 Å². The Morgan fingerprint density at radius 2 is 1.76 bits per heavy atom. The second kappa shape index (κ2) is 7.23. The van der Waals surface area contributed by atoms with E-state index in [-0.39, 0.29) is 11.9 Å². The number of rotatable bonds is 4. The number of benzene rings is 2. The maximum absolute atomic E-state index is 13.2. The zero-order valence-electron chi connectivity index (χ0n) is 15.9. The van der Waals surface area contributed by atoms with Crippen LogP contribution in [-0.4, -0.2) is 38.4 Å². The molecule has 0 atom stereocenters. The Bertz CT molecular complexity index is 1170.